The zero-order chi connectivity index (χ0) is 15.5. The van der Waals surface area contributed by atoms with Gasteiger partial charge in [-0.05, 0) is 50.4 Å². The van der Waals surface area contributed by atoms with Gasteiger partial charge < -0.3 is 15.7 Å². The Morgan fingerprint density at radius 2 is 1.67 bits per heavy atom. The summed E-state index contributed by atoms with van der Waals surface area (Å²) in [5.74, 6) is 0.514. The highest BCUT2D eigenvalue weighted by molar-refractivity contribution is 5.86. The lowest BCUT2D eigenvalue weighted by Crippen LogP contribution is -2.57. The van der Waals surface area contributed by atoms with E-state index >= 15 is 0 Å². The van der Waals surface area contributed by atoms with E-state index in [0.717, 1.165) is 31.6 Å². The van der Waals surface area contributed by atoms with E-state index in [9.17, 15) is 14.7 Å². The molecule has 5 nitrogen and oxygen atoms in total. The van der Waals surface area contributed by atoms with Gasteiger partial charge in [0.2, 0.25) is 0 Å². The van der Waals surface area contributed by atoms with Gasteiger partial charge in [-0.2, -0.15) is 0 Å². The van der Waals surface area contributed by atoms with Gasteiger partial charge in [0.15, 0.2) is 0 Å². The molecule has 0 heterocycles. The molecule has 2 aliphatic rings. The number of carbonyl (C=O) groups is 2. The van der Waals surface area contributed by atoms with Gasteiger partial charge in [0, 0.05) is 6.54 Å². The second kappa shape index (κ2) is 6.67. The van der Waals surface area contributed by atoms with Crippen LogP contribution in [0.4, 0.5) is 4.79 Å². The molecule has 0 saturated heterocycles. The predicted octanol–water partition coefficient (Wildman–Crippen LogP) is 2.76. The number of urea groups is 1. The number of amides is 2. The molecule has 2 saturated carbocycles. The minimum atomic E-state index is -1.12. The van der Waals surface area contributed by atoms with Crippen LogP contribution in [0.1, 0.15) is 58.8 Å². The van der Waals surface area contributed by atoms with Crippen molar-refractivity contribution in [2.75, 3.05) is 6.54 Å². The molecule has 0 aliphatic heterocycles. The standard InChI is InChI=1S/C16H28N2O3/c1-3-11-4-6-12(7-5-11)10-17-15(21)18-16(2,14(19)20)13-8-9-13/h11-13H,3-10H2,1-2H3,(H,19,20)(H2,17,18,21). The van der Waals surface area contributed by atoms with Crippen molar-refractivity contribution >= 4 is 12.0 Å². The van der Waals surface area contributed by atoms with Crippen LogP contribution in [0.15, 0.2) is 0 Å². The van der Waals surface area contributed by atoms with Crippen molar-refractivity contribution in [3.8, 4) is 0 Å². The van der Waals surface area contributed by atoms with E-state index in [2.05, 4.69) is 17.6 Å². The zero-order valence-corrected chi connectivity index (χ0v) is 13.2. The fourth-order valence-corrected chi connectivity index (χ4v) is 3.35. The highest BCUT2D eigenvalue weighted by atomic mass is 16.4. The maximum absolute atomic E-state index is 12.0. The summed E-state index contributed by atoms with van der Waals surface area (Å²) in [5, 5.41) is 14.9. The SMILES string of the molecule is CCC1CCC(CNC(=O)NC(C)(C(=O)O)C2CC2)CC1. The van der Waals surface area contributed by atoms with Gasteiger partial charge in [0.1, 0.15) is 5.54 Å². The molecule has 2 rings (SSSR count). The fraction of sp³-hybridized carbons (Fsp3) is 0.875. The molecule has 2 amide bonds. The highest BCUT2D eigenvalue weighted by Crippen LogP contribution is 2.39. The summed E-state index contributed by atoms with van der Waals surface area (Å²) in [6, 6.07) is -0.343. The summed E-state index contributed by atoms with van der Waals surface area (Å²) >= 11 is 0. The van der Waals surface area contributed by atoms with Crippen molar-refractivity contribution < 1.29 is 14.7 Å². The average molecular weight is 296 g/mol. The van der Waals surface area contributed by atoms with Crippen LogP contribution in [0.25, 0.3) is 0 Å². The number of hydrogen-bond acceptors (Lipinski definition) is 2. The Bertz CT molecular complexity index is 387. The van der Waals surface area contributed by atoms with E-state index in [1.165, 1.54) is 19.3 Å². The van der Waals surface area contributed by atoms with Crippen LogP contribution in [0, 0.1) is 17.8 Å². The number of carboxylic acids is 1. The summed E-state index contributed by atoms with van der Waals surface area (Å²) in [6.07, 6.45) is 7.83. The lowest BCUT2D eigenvalue weighted by atomic mass is 9.81. The Balaban J connectivity index is 1.73. The number of nitrogens with one attached hydrogen (secondary N) is 2. The molecule has 21 heavy (non-hydrogen) atoms. The van der Waals surface area contributed by atoms with Crippen LogP contribution < -0.4 is 10.6 Å². The third kappa shape index (κ3) is 4.11. The summed E-state index contributed by atoms with van der Waals surface area (Å²) in [6.45, 7) is 4.50. The quantitative estimate of drug-likeness (QED) is 0.705. The third-order valence-corrected chi connectivity index (χ3v) is 5.31. The molecule has 0 aromatic rings. The van der Waals surface area contributed by atoms with Crippen LogP contribution in [0.2, 0.25) is 0 Å². The van der Waals surface area contributed by atoms with Crippen molar-refractivity contribution in [3.63, 3.8) is 0 Å². The van der Waals surface area contributed by atoms with Gasteiger partial charge in [-0.15, -0.1) is 0 Å². The van der Waals surface area contributed by atoms with E-state index in [4.69, 9.17) is 0 Å². The van der Waals surface area contributed by atoms with E-state index in [-0.39, 0.29) is 11.9 Å². The molecule has 120 valence electrons. The number of rotatable bonds is 6. The summed E-state index contributed by atoms with van der Waals surface area (Å²) in [7, 11) is 0. The zero-order valence-electron chi connectivity index (χ0n) is 13.2. The largest absolute Gasteiger partial charge is 0.480 e. The molecular formula is C16H28N2O3. The molecule has 0 aromatic heterocycles. The summed E-state index contributed by atoms with van der Waals surface area (Å²) in [4.78, 5) is 23.3. The van der Waals surface area contributed by atoms with Crippen LogP contribution >= 0.6 is 0 Å². The first-order chi connectivity index (χ1) is 9.95. The second-order valence-corrected chi connectivity index (χ2v) is 6.91. The van der Waals surface area contributed by atoms with E-state index in [0.29, 0.717) is 12.5 Å². The molecule has 5 heteroatoms. The van der Waals surface area contributed by atoms with Crippen molar-refractivity contribution in [1.29, 1.82) is 0 Å². The molecule has 2 aliphatic carbocycles. The topological polar surface area (TPSA) is 78.4 Å². The number of aliphatic carboxylic acids is 1. The van der Waals surface area contributed by atoms with Crippen LogP contribution in [0.5, 0.6) is 0 Å². The van der Waals surface area contributed by atoms with E-state index < -0.39 is 11.5 Å². The number of carboxylic acid groups (broad SMARTS) is 1. The van der Waals surface area contributed by atoms with Gasteiger partial charge in [0.25, 0.3) is 0 Å². The first kappa shape index (κ1) is 16.1. The van der Waals surface area contributed by atoms with Gasteiger partial charge >= 0.3 is 12.0 Å². The lowest BCUT2D eigenvalue weighted by molar-refractivity contribution is -0.144. The first-order valence-electron chi connectivity index (χ1n) is 8.25. The normalized spacial score (nSPS) is 28.5. The highest BCUT2D eigenvalue weighted by Gasteiger charge is 2.48. The molecule has 0 radical (unpaired) electrons. The molecule has 1 atom stereocenters. The van der Waals surface area contributed by atoms with Crippen LogP contribution in [0.3, 0.4) is 0 Å². The maximum Gasteiger partial charge on any atom is 0.329 e. The molecule has 0 aromatic carbocycles. The van der Waals surface area contributed by atoms with Crippen molar-refractivity contribution in [3.05, 3.63) is 0 Å². The summed E-state index contributed by atoms with van der Waals surface area (Å²) < 4.78 is 0. The smallest absolute Gasteiger partial charge is 0.329 e. The Morgan fingerprint density at radius 1 is 1.10 bits per heavy atom. The predicted molar refractivity (Wildman–Crippen MR) is 81.0 cm³/mol. The maximum atomic E-state index is 12.0. The first-order valence-corrected chi connectivity index (χ1v) is 8.25. The average Bonchev–Trinajstić information content (AvgIpc) is 3.30. The Labute approximate surface area is 126 Å². The van der Waals surface area contributed by atoms with Gasteiger partial charge in [-0.3, -0.25) is 0 Å². The van der Waals surface area contributed by atoms with E-state index in [1.54, 1.807) is 6.92 Å². The molecule has 2 fully saturated rings. The van der Waals surface area contributed by atoms with Gasteiger partial charge in [-0.25, -0.2) is 9.59 Å². The van der Waals surface area contributed by atoms with Gasteiger partial charge in [-0.1, -0.05) is 26.2 Å². The minimum Gasteiger partial charge on any atom is -0.480 e. The van der Waals surface area contributed by atoms with Crippen molar-refractivity contribution in [2.24, 2.45) is 17.8 Å². The van der Waals surface area contributed by atoms with Gasteiger partial charge in [0.05, 0.1) is 0 Å². The fourth-order valence-electron chi connectivity index (χ4n) is 3.35. The van der Waals surface area contributed by atoms with Crippen LogP contribution in [-0.4, -0.2) is 29.2 Å². The van der Waals surface area contributed by atoms with Crippen molar-refractivity contribution in [1.82, 2.24) is 10.6 Å². The lowest BCUT2D eigenvalue weighted by Gasteiger charge is -2.29. The molecule has 1 unspecified atom stereocenters. The number of carbonyl (C=O) groups excluding carboxylic acids is 1. The molecule has 0 spiro atoms. The molecular weight excluding hydrogens is 268 g/mol. The second-order valence-electron chi connectivity index (χ2n) is 6.91. The van der Waals surface area contributed by atoms with Crippen molar-refractivity contribution in [2.45, 2.75) is 64.3 Å². The minimum absolute atomic E-state index is 0.0701. The van der Waals surface area contributed by atoms with Crippen LogP contribution in [-0.2, 0) is 4.79 Å². The monoisotopic (exact) mass is 296 g/mol. The number of hydrogen-bond donors (Lipinski definition) is 3. The Kier molecular flexibility index (Phi) is 5.12. The molecule has 0 bridgehead atoms. The Hall–Kier alpha value is -1.26. The van der Waals surface area contributed by atoms with E-state index in [1.807, 2.05) is 0 Å². The molecule has 3 N–H and O–H groups in total. The third-order valence-electron chi connectivity index (χ3n) is 5.31. The Morgan fingerprint density at radius 3 is 2.14 bits per heavy atom. The summed E-state index contributed by atoms with van der Waals surface area (Å²) in [5.41, 5.74) is -1.12.